The van der Waals surface area contributed by atoms with Crippen LogP contribution >= 0.6 is 15.9 Å². The van der Waals surface area contributed by atoms with Crippen molar-refractivity contribution in [2.75, 3.05) is 6.61 Å². The summed E-state index contributed by atoms with van der Waals surface area (Å²) in [6.45, 7) is -0.276. The van der Waals surface area contributed by atoms with E-state index >= 15 is 0 Å². The van der Waals surface area contributed by atoms with E-state index in [1.165, 1.54) is 22.8 Å². The monoisotopic (exact) mass is 432 g/mol. The smallest absolute Gasteiger partial charge is 0.331 e. The Hall–Kier alpha value is -2.98. The fourth-order valence-electron chi connectivity index (χ4n) is 3.34. The van der Waals surface area contributed by atoms with Gasteiger partial charge in [0.15, 0.2) is 12.4 Å². The molecule has 3 aromatic rings. The number of ketones is 1. The molecule has 1 aliphatic rings. The highest BCUT2D eigenvalue weighted by atomic mass is 79.9. The van der Waals surface area contributed by atoms with E-state index in [-0.39, 0.29) is 12.4 Å². The van der Waals surface area contributed by atoms with E-state index in [1.54, 1.807) is 12.1 Å². The van der Waals surface area contributed by atoms with Gasteiger partial charge in [0.1, 0.15) is 0 Å². The van der Waals surface area contributed by atoms with Gasteiger partial charge < -0.3 is 4.74 Å². The maximum Gasteiger partial charge on any atom is 0.331 e. The number of fused-ring (bicyclic) bond motifs is 3. The molecule has 0 N–H and O–H groups in total. The molecule has 0 bridgehead atoms. The second-order valence-electron chi connectivity index (χ2n) is 6.63. The first kappa shape index (κ1) is 18.4. The van der Waals surface area contributed by atoms with Crippen LogP contribution in [0.15, 0.2) is 77.3 Å². The SMILES string of the molecule is O=C(/C=C/c1cccc(Br)c1)OCC(=O)c1ccc2c(c1)-c1ccccc1C2. The summed E-state index contributed by atoms with van der Waals surface area (Å²) in [7, 11) is 0. The van der Waals surface area contributed by atoms with Gasteiger partial charge in [-0.3, -0.25) is 4.79 Å². The second kappa shape index (κ2) is 7.95. The number of hydrogen-bond donors (Lipinski definition) is 0. The van der Waals surface area contributed by atoms with Crippen molar-refractivity contribution in [3.8, 4) is 11.1 Å². The third-order valence-corrected chi connectivity index (χ3v) is 5.22. The number of benzene rings is 3. The number of carbonyl (C=O) groups is 2. The third kappa shape index (κ3) is 3.97. The van der Waals surface area contributed by atoms with Gasteiger partial charge in [0.25, 0.3) is 0 Å². The zero-order valence-corrected chi connectivity index (χ0v) is 16.6. The van der Waals surface area contributed by atoms with Crippen LogP contribution < -0.4 is 0 Å². The highest BCUT2D eigenvalue weighted by molar-refractivity contribution is 9.10. The quantitative estimate of drug-likeness (QED) is 0.239. The highest BCUT2D eigenvalue weighted by Gasteiger charge is 2.19. The molecule has 0 heterocycles. The average Bonchev–Trinajstić information content (AvgIpc) is 3.08. The van der Waals surface area contributed by atoms with Crippen LogP contribution in [0, 0.1) is 0 Å². The van der Waals surface area contributed by atoms with Gasteiger partial charge in [-0.1, -0.05) is 64.5 Å². The number of halogens is 1. The summed E-state index contributed by atoms with van der Waals surface area (Å²) in [6.07, 6.45) is 3.87. The second-order valence-corrected chi connectivity index (χ2v) is 7.54. The molecule has 0 unspecified atom stereocenters. The maximum atomic E-state index is 12.5. The van der Waals surface area contributed by atoms with Crippen molar-refractivity contribution in [2.24, 2.45) is 0 Å². The summed E-state index contributed by atoms with van der Waals surface area (Å²) in [6, 6.07) is 21.4. The van der Waals surface area contributed by atoms with E-state index in [1.807, 2.05) is 48.5 Å². The Kier molecular flexibility index (Phi) is 5.22. The van der Waals surface area contributed by atoms with Gasteiger partial charge >= 0.3 is 5.97 Å². The van der Waals surface area contributed by atoms with Crippen LogP contribution in [0.4, 0.5) is 0 Å². The van der Waals surface area contributed by atoms with Gasteiger partial charge in [-0.15, -0.1) is 0 Å². The number of ether oxygens (including phenoxy) is 1. The molecule has 0 spiro atoms. The van der Waals surface area contributed by atoms with E-state index in [0.29, 0.717) is 5.56 Å². The minimum absolute atomic E-state index is 0.212. The molecule has 0 amide bonds. The largest absolute Gasteiger partial charge is 0.454 e. The molecule has 4 rings (SSSR count). The number of rotatable bonds is 5. The minimum Gasteiger partial charge on any atom is -0.454 e. The molecule has 0 fully saturated rings. The molecule has 0 saturated carbocycles. The van der Waals surface area contributed by atoms with Crippen molar-refractivity contribution in [1.82, 2.24) is 0 Å². The number of carbonyl (C=O) groups excluding carboxylic acids is 2. The normalized spacial score (nSPS) is 11.9. The molecule has 0 atom stereocenters. The van der Waals surface area contributed by atoms with Gasteiger partial charge in [-0.05, 0) is 58.5 Å². The van der Waals surface area contributed by atoms with Crippen LogP contribution in [-0.4, -0.2) is 18.4 Å². The lowest BCUT2D eigenvalue weighted by atomic mass is 10.0. The Morgan fingerprint density at radius 1 is 0.929 bits per heavy atom. The summed E-state index contributed by atoms with van der Waals surface area (Å²) in [5.74, 6) is -0.754. The van der Waals surface area contributed by atoms with E-state index in [0.717, 1.165) is 22.0 Å². The molecule has 3 aromatic carbocycles. The van der Waals surface area contributed by atoms with E-state index in [4.69, 9.17) is 4.74 Å². The Morgan fingerprint density at radius 3 is 2.61 bits per heavy atom. The first-order valence-electron chi connectivity index (χ1n) is 8.95. The summed E-state index contributed by atoms with van der Waals surface area (Å²) in [5.41, 5.74) is 6.16. The number of esters is 1. The molecular formula is C24H17BrO3. The Balaban J connectivity index is 1.40. The fourth-order valence-corrected chi connectivity index (χ4v) is 3.76. The van der Waals surface area contributed by atoms with E-state index < -0.39 is 5.97 Å². The summed E-state index contributed by atoms with van der Waals surface area (Å²) in [5, 5.41) is 0. The zero-order chi connectivity index (χ0) is 19.5. The lowest BCUT2D eigenvalue weighted by Crippen LogP contribution is -2.12. The van der Waals surface area contributed by atoms with Gasteiger partial charge in [0.05, 0.1) is 0 Å². The third-order valence-electron chi connectivity index (χ3n) is 4.73. The van der Waals surface area contributed by atoms with Crippen molar-refractivity contribution in [2.45, 2.75) is 6.42 Å². The molecule has 0 radical (unpaired) electrons. The first-order valence-corrected chi connectivity index (χ1v) is 9.74. The topological polar surface area (TPSA) is 43.4 Å². The van der Waals surface area contributed by atoms with Crippen molar-refractivity contribution >= 4 is 33.8 Å². The lowest BCUT2D eigenvalue weighted by Gasteiger charge is -2.06. The lowest BCUT2D eigenvalue weighted by molar-refractivity contribution is -0.136. The van der Waals surface area contributed by atoms with E-state index in [9.17, 15) is 9.59 Å². The van der Waals surface area contributed by atoms with Gasteiger partial charge in [-0.25, -0.2) is 4.79 Å². The van der Waals surface area contributed by atoms with Crippen molar-refractivity contribution in [3.05, 3.63) is 99.5 Å². The molecule has 0 aliphatic heterocycles. The van der Waals surface area contributed by atoms with Crippen LogP contribution in [-0.2, 0) is 16.0 Å². The standard InChI is InChI=1S/C24H17BrO3/c25-20-6-3-4-16(12-20)8-11-24(27)28-15-23(26)19-10-9-18-13-17-5-1-2-7-21(17)22(18)14-19/h1-12,14H,13,15H2/b11-8+. The molecule has 3 nitrogen and oxygen atoms in total. The van der Waals surface area contributed by atoms with E-state index in [2.05, 4.69) is 28.1 Å². The summed E-state index contributed by atoms with van der Waals surface area (Å²) < 4.78 is 6.04. The van der Waals surface area contributed by atoms with Gasteiger partial charge in [0.2, 0.25) is 0 Å². The van der Waals surface area contributed by atoms with Gasteiger partial charge in [-0.2, -0.15) is 0 Å². The van der Waals surface area contributed by atoms with Crippen LogP contribution in [0.5, 0.6) is 0 Å². The Morgan fingerprint density at radius 2 is 1.75 bits per heavy atom. The maximum absolute atomic E-state index is 12.5. The molecule has 1 aliphatic carbocycles. The zero-order valence-electron chi connectivity index (χ0n) is 15.0. The predicted molar refractivity (Wildman–Crippen MR) is 113 cm³/mol. The summed E-state index contributed by atoms with van der Waals surface area (Å²) >= 11 is 3.38. The summed E-state index contributed by atoms with van der Waals surface area (Å²) in [4.78, 5) is 24.4. The Labute approximate surface area is 171 Å². The van der Waals surface area contributed by atoms with Crippen molar-refractivity contribution in [3.63, 3.8) is 0 Å². The molecule has 4 heteroatoms. The highest BCUT2D eigenvalue weighted by Crippen LogP contribution is 2.36. The minimum atomic E-state index is -0.542. The Bertz CT molecular complexity index is 1100. The van der Waals surface area contributed by atoms with Crippen molar-refractivity contribution in [1.29, 1.82) is 0 Å². The van der Waals surface area contributed by atoms with Crippen molar-refractivity contribution < 1.29 is 14.3 Å². The number of hydrogen-bond acceptors (Lipinski definition) is 3. The number of Topliss-reactive ketones (excluding diaryl/α,β-unsaturated/α-hetero) is 1. The predicted octanol–water partition coefficient (Wildman–Crippen LogP) is 5.46. The fraction of sp³-hybridized carbons (Fsp3) is 0.0833. The van der Waals surface area contributed by atoms with Crippen LogP contribution in [0.2, 0.25) is 0 Å². The molecular weight excluding hydrogens is 416 g/mol. The van der Waals surface area contributed by atoms with Crippen LogP contribution in [0.1, 0.15) is 27.0 Å². The van der Waals surface area contributed by atoms with Gasteiger partial charge in [0, 0.05) is 16.1 Å². The first-order chi connectivity index (χ1) is 13.6. The molecule has 138 valence electrons. The molecule has 0 saturated heterocycles. The van der Waals surface area contributed by atoms with Crippen LogP contribution in [0.3, 0.4) is 0 Å². The molecule has 28 heavy (non-hydrogen) atoms. The van der Waals surface area contributed by atoms with Crippen LogP contribution in [0.25, 0.3) is 17.2 Å². The molecule has 0 aromatic heterocycles. The average molecular weight is 433 g/mol.